The fraction of sp³-hybridized carbons (Fsp3) is 0.263. The maximum Gasteiger partial charge on any atom is 0.248 e. The molecule has 0 radical (unpaired) electrons. The van der Waals surface area contributed by atoms with Crippen molar-refractivity contribution in [2.75, 3.05) is 42.9 Å². The maximum atomic E-state index is 13.0. The van der Waals surface area contributed by atoms with Gasteiger partial charge >= 0.3 is 0 Å². The summed E-state index contributed by atoms with van der Waals surface area (Å²) in [5.41, 5.74) is 7.35. The van der Waals surface area contributed by atoms with E-state index < -0.39 is 5.91 Å². The molecule has 0 spiro atoms. The van der Waals surface area contributed by atoms with Crippen molar-refractivity contribution in [2.45, 2.75) is 0 Å². The van der Waals surface area contributed by atoms with Crippen molar-refractivity contribution in [2.24, 2.45) is 5.73 Å². The Kier molecular flexibility index (Phi) is 5.36. The summed E-state index contributed by atoms with van der Waals surface area (Å²) in [4.78, 5) is 27.4. The minimum atomic E-state index is -0.480. The van der Waals surface area contributed by atoms with Gasteiger partial charge in [0.25, 0.3) is 0 Å². The van der Waals surface area contributed by atoms with Crippen LogP contribution in [0.2, 0.25) is 0 Å². The van der Waals surface area contributed by atoms with Crippen LogP contribution in [0, 0.1) is 5.82 Å². The number of primary amides is 1. The predicted molar refractivity (Wildman–Crippen MR) is 98.6 cm³/mol. The van der Waals surface area contributed by atoms with Crippen LogP contribution >= 0.6 is 0 Å². The predicted octanol–water partition coefficient (Wildman–Crippen LogP) is 1.69. The monoisotopic (exact) mass is 356 g/mol. The highest BCUT2D eigenvalue weighted by Gasteiger charge is 2.21. The minimum Gasteiger partial charge on any atom is -0.376 e. The molecule has 3 N–H and O–H groups in total. The van der Waals surface area contributed by atoms with Crippen LogP contribution in [0.15, 0.2) is 48.5 Å². The summed E-state index contributed by atoms with van der Waals surface area (Å²) in [5.74, 6) is -0.716. The maximum absolute atomic E-state index is 13.0. The Morgan fingerprint density at radius 1 is 0.962 bits per heavy atom. The summed E-state index contributed by atoms with van der Waals surface area (Å²) in [7, 11) is 0. The molecule has 0 saturated carbocycles. The van der Waals surface area contributed by atoms with Crippen molar-refractivity contribution in [1.82, 2.24) is 4.90 Å². The Labute approximate surface area is 151 Å². The molecule has 1 aliphatic rings. The molecule has 1 fully saturated rings. The fourth-order valence-corrected chi connectivity index (χ4v) is 2.91. The van der Waals surface area contributed by atoms with Gasteiger partial charge in [-0.25, -0.2) is 4.39 Å². The lowest BCUT2D eigenvalue weighted by molar-refractivity contribution is -0.129. The first-order chi connectivity index (χ1) is 12.5. The number of carbonyl (C=O) groups excluding carboxylic acids is 2. The number of halogens is 1. The molecular weight excluding hydrogens is 335 g/mol. The summed E-state index contributed by atoms with van der Waals surface area (Å²) in [6, 6.07) is 13.1. The first kappa shape index (κ1) is 17.7. The van der Waals surface area contributed by atoms with E-state index in [4.69, 9.17) is 5.73 Å². The van der Waals surface area contributed by atoms with E-state index in [1.54, 1.807) is 36.4 Å². The van der Waals surface area contributed by atoms with Crippen molar-refractivity contribution in [3.05, 3.63) is 59.9 Å². The summed E-state index contributed by atoms with van der Waals surface area (Å²) in [5, 5.41) is 3.06. The lowest BCUT2D eigenvalue weighted by Gasteiger charge is -2.36. The number of hydrogen-bond donors (Lipinski definition) is 2. The van der Waals surface area contributed by atoms with Gasteiger partial charge in [-0.1, -0.05) is 0 Å². The van der Waals surface area contributed by atoms with Gasteiger partial charge in [0.15, 0.2) is 0 Å². The van der Waals surface area contributed by atoms with E-state index in [1.165, 1.54) is 12.1 Å². The Balaban J connectivity index is 1.47. The van der Waals surface area contributed by atoms with E-state index in [-0.39, 0.29) is 18.3 Å². The molecule has 136 valence electrons. The second-order valence-electron chi connectivity index (χ2n) is 6.14. The van der Waals surface area contributed by atoms with Crippen molar-refractivity contribution < 1.29 is 14.0 Å². The van der Waals surface area contributed by atoms with Crippen LogP contribution in [0.25, 0.3) is 0 Å². The number of nitrogens with zero attached hydrogens (tertiary/aromatic N) is 2. The smallest absolute Gasteiger partial charge is 0.248 e. The van der Waals surface area contributed by atoms with Crippen LogP contribution in [0.5, 0.6) is 0 Å². The standard InChI is InChI=1S/C19H21FN4O2/c20-15-3-7-17(8-4-15)23-9-11-24(12-10-23)18(25)13-22-16-5-1-14(2-6-16)19(21)26/h1-8,22H,9-13H2,(H2,21,26). The average molecular weight is 356 g/mol. The third-order valence-corrected chi connectivity index (χ3v) is 4.44. The van der Waals surface area contributed by atoms with Crippen LogP contribution in [0.3, 0.4) is 0 Å². The molecule has 2 amide bonds. The Morgan fingerprint density at radius 2 is 1.58 bits per heavy atom. The number of rotatable bonds is 5. The number of nitrogens with two attached hydrogens (primary N) is 1. The molecule has 0 atom stereocenters. The third-order valence-electron chi connectivity index (χ3n) is 4.44. The quantitative estimate of drug-likeness (QED) is 0.854. The number of carbonyl (C=O) groups is 2. The van der Waals surface area contributed by atoms with E-state index in [0.717, 1.165) is 11.4 Å². The van der Waals surface area contributed by atoms with E-state index in [9.17, 15) is 14.0 Å². The zero-order valence-electron chi connectivity index (χ0n) is 14.3. The van der Waals surface area contributed by atoms with Gasteiger partial charge in [0.2, 0.25) is 11.8 Å². The second-order valence-corrected chi connectivity index (χ2v) is 6.14. The van der Waals surface area contributed by atoms with E-state index >= 15 is 0 Å². The number of anilines is 2. The third kappa shape index (κ3) is 4.30. The van der Waals surface area contributed by atoms with Crippen LogP contribution in [-0.4, -0.2) is 49.4 Å². The molecule has 26 heavy (non-hydrogen) atoms. The summed E-state index contributed by atoms with van der Waals surface area (Å²) >= 11 is 0. The summed E-state index contributed by atoms with van der Waals surface area (Å²) in [6.45, 7) is 2.86. The second kappa shape index (κ2) is 7.86. The van der Waals surface area contributed by atoms with Gasteiger partial charge in [-0.15, -0.1) is 0 Å². The fourth-order valence-electron chi connectivity index (χ4n) is 2.91. The van der Waals surface area contributed by atoms with Gasteiger partial charge in [-0.2, -0.15) is 0 Å². The van der Waals surface area contributed by atoms with E-state index in [0.29, 0.717) is 31.7 Å². The number of hydrogen-bond acceptors (Lipinski definition) is 4. The molecule has 0 aromatic heterocycles. The molecule has 6 nitrogen and oxygen atoms in total. The average Bonchev–Trinajstić information content (AvgIpc) is 2.67. The van der Waals surface area contributed by atoms with Crippen molar-refractivity contribution in [3.63, 3.8) is 0 Å². The van der Waals surface area contributed by atoms with Gasteiger partial charge < -0.3 is 20.9 Å². The molecular formula is C19H21FN4O2. The molecule has 1 saturated heterocycles. The van der Waals surface area contributed by atoms with Crippen LogP contribution in [0.4, 0.5) is 15.8 Å². The number of piperazine rings is 1. The molecule has 3 rings (SSSR count). The molecule has 2 aromatic rings. The van der Waals surface area contributed by atoms with Gasteiger partial charge in [0.05, 0.1) is 6.54 Å². The van der Waals surface area contributed by atoms with E-state index in [2.05, 4.69) is 10.2 Å². The molecule has 0 aliphatic carbocycles. The minimum absolute atomic E-state index is 0.0164. The topological polar surface area (TPSA) is 78.7 Å². The SMILES string of the molecule is NC(=O)c1ccc(NCC(=O)N2CCN(c3ccc(F)cc3)CC2)cc1. The molecule has 1 aliphatic heterocycles. The summed E-state index contributed by atoms with van der Waals surface area (Å²) in [6.07, 6.45) is 0. The highest BCUT2D eigenvalue weighted by Crippen LogP contribution is 2.17. The lowest BCUT2D eigenvalue weighted by atomic mass is 10.2. The Bertz CT molecular complexity index is 769. The lowest BCUT2D eigenvalue weighted by Crippen LogP contribution is -2.50. The number of nitrogens with one attached hydrogen (secondary N) is 1. The molecule has 0 bridgehead atoms. The van der Waals surface area contributed by atoms with Crippen LogP contribution in [-0.2, 0) is 4.79 Å². The Morgan fingerprint density at radius 3 is 2.15 bits per heavy atom. The molecule has 7 heteroatoms. The largest absolute Gasteiger partial charge is 0.376 e. The highest BCUT2D eigenvalue weighted by molar-refractivity contribution is 5.93. The van der Waals surface area contributed by atoms with E-state index in [1.807, 2.05) is 4.90 Å². The van der Waals surface area contributed by atoms with Gasteiger partial charge in [-0.05, 0) is 48.5 Å². The molecule has 2 aromatic carbocycles. The van der Waals surface area contributed by atoms with Gasteiger partial charge in [-0.3, -0.25) is 9.59 Å². The van der Waals surface area contributed by atoms with Crippen LogP contribution < -0.4 is 16.0 Å². The van der Waals surface area contributed by atoms with Gasteiger partial charge in [0.1, 0.15) is 5.82 Å². The molecule has 1 heterocycles. The normalized spacial score (nSPS) is 14.2. The zero-order chi connectivity index (χ0) is 18.5. The van der Waals surface area contributed by atoms with Crippen molar-refractivity contribution in [3.8, 4) is 0 Å². The van der Waals surface area contributed by atoms with Crippen molar-refractivity contribution >= 4 is 23.2 Å². The number of benzene rings is 2. The zero-order valence-corrected chi connectivity index (χ0v) is 14.3. The van der Waals surface area contributed by atoms with Gasteiger partial charge in [0, 0.05) is 43.1 Å². The molecule has 0 unspecified atom stereocenters. The number of amides is 2. The van der Waals surface area contributed by atoms with Crippen molar-refractivity contribution in [1.29, 1.82) is 0 Å². The Hall–Kier alpha value is -3.09. The highest BCUT2D eigenvalue weighted by atomic mass is 19.1. The first-order valence-electron chi connectivity index (χ1n) is 8.45. The van der Waals surface area contributed by atoms with Crippen LogP contribution in [0.1, 0.15) is 10.4 Å². The first-order valence-corrected chi connectivity index (χ1v) is 8.45. The summed E-state index contributed by atoms with van der Waals surface area (Å²) < 4.78 is 13.0.